The highest BCUT2D eigenvalue weighted by Crippen LogP contribution is 2.52. The van der Waals surface area contributed by atoms with Gasteiger partial charge in [-0.25, -0.2) is 0 Å². The van der Waals surface area contributed by atoms with E-state index in [1.807, 2.05) is 0 Å². The van der Waals surface area contributed by atoms with E-state index in [1.54, 1.807) is 0 Å². The van der Waals surface area contributed by atoms with Crippen molar-refractivity contribution in [3.05, 3.63) is 23.3 Å². The van der Waals surface area contributed by atoms with Crippen molar-refractivity contribution >= 4 is 5.91 Å². The minimum Gasteiger partial charge on any atom is -0.486 e. The van der Waals surface area contributed by atoms with Crippen LogP contribution in [0.15, 0.2) is 12.1 Å². The Labute approximate surface area is 148 Å². The lowest BCUT2D eigenvalue weighted by Crippen LogP contribution is -2.56. The van der Waals surface area contributed by atoms with E-state index in [9.17, 15) is 4.79 Å². The van der Waals surface area contributed by atoms with Crippen LogP contribution in [0, 0.1) is 5.92 Å². The van der Waals surface area contributed by atoms with Crippen LogP contribution >= 0.6 is 0 Å². The SMILES string of the molecule is CC1c2cc3c(cc2C2(CCCC2)CN1C(=O)C1CNC1)OCCO3. The van der Waals surface area contributed by atoms with Crippen LogP contribution in [-0.4, -0.2) is 43.7 Å². The third-order valence-corrected chi connectivity index (χ3v) is 6.65. The van der Waals surface area contributed by atoms with E-state index >= 15 is 0 Å². The summed E-state index contributed by atoms with van der Waals surface area (Å²) in [5.74, 6) is 2.19. The molecule has 3 aliphatic heterocycles. The molecule has 1 saturated carbocycles. The maximum Gasteiger partial charge on any atom is 0.228 e. The quantitative estimate of drug-likeness (QED) is 0.851. The number of benzene rings is 1. The highest BCUT2D eigenvalue weighted by atomic mass is 16.6. The molecule has 1 saturated heterocycles. The monoisotopic (exact) mass is 342 g/mol. The number of hydrogen-bond acceptors (Lipinski definition) is 4. The Bertz CT molecular complexity index is 707. The Kier molecular flexibility index (Phi) is 3.49. The number of nitrogens with one attached hydrogen (secondary N) is 1. The maximum absolute atomic E-state index is 13.1. The molecule has 25 heavy (non-hydrogen) atoms. The number of hydrogen-bond donors (Lipinski definition) is 1. The molecule has 4 aliphatic rings. The number of fused-ring (bicyclic) bond motifs is 3. The molecular weight excluding hydrogens is 316 g/mol. The first-order valence-electron chi connectivity index (χ1n) is 9.63. The first-order valence-corrected chi connectivity index (χ1v) is 9.63. The molecule has 1 aliphatic carbocycles. The fourth-order valence-electron chi connectivity index (χ4n) is 5.07. The van der Waals surface area contributed by atoms with Gasteiger partial charge in [-0.3, -0.25) is 4.79 Å². The molecule has 5 heteroatoms. The summed E-state index contributed by atoms with van der Waals surface area (Å²) >= 11 is 0. The smallest absolute Gasteiger partial charge is 0.228 e. The highest BCUT2D eigenvalue weighted by molar-refractivity contribution is 5.81. The van der Waals surface area contributed by atoms with Crippen LogP contribution in [0.5, 0.6) is 11.5 Å². The van der Waals surface area contributed by atoms with Crippen LogP contribution in [0.25, 0.3) is 0 Å². The molecule has 3 heterocycles. The molecule has 134 valence electrons. The lowest BCUT2D eigenvalue weighted by molar-refractivity contribution is -0.141. The number of amides is 1. The van der Waals surface area contributed by atoms with Crippen LogP contribution in [0.4, 0.5) is 0 Å². The van der Waals surface area contributed by atoms with Crippen molar-refractivity contribution in [3.8, 4) is 11.5 Å². The predicted octanol–water partition coefficient (Wildman–Crippen LogP) is 2.39. The number of ether oxygens (including phenoxy) is 2. The van der Waals surface area contributed by atoms with Gasteiger partial charge in [0.25, 0.3) is 0 Å². The summed E-state index contributed by atoms with van der Waals surface area (Å²) in [7, 11) is 0. The molecule has 1 unspecified atom stereocenters. The summed E-state index contributed by atoms with van der Waals surface area (Å²) in [6.45, 7) is 5.89. The molecule has 1 aromatic carbocycles. The second kappa shape index (κ2) is 5.63. The van der Waals surface area contributed by atoms with Crippen LogP contribution in [0.3, 0.4) is 0 Å². The van der Waals surface area contributed by atoms with Gasteiger partial charge in [0.15, 0.2) is 11.5 Å². The van der Waals surface area contributed by atoms with Gasteiger partial charge in [-0.1, -0.05) is 12.8 Å². The van der Waals surface area contributed by atoms with E-state index in [0.717, 1.165) is 31.1 Å². The van der Waals surface area contributed by atoms with Gasteiger partial charge in [-0.2, -0.15) is 0 Å². The van der Waals surface area contributed by atoms with Gasteiger partial charge in [0.05, 0.1) is 12.0 Å². The maximum atomic E-state index is 13.1. The lowest BCUT2D eigenvalue weighted by atomic mass is 9.71. The topological polar surface area (TPSA) is 50.8 Å². The molecule has 2 fully saturated rings. The summed E-state index contributed by atoms with van der Waals surface area (Å²) in [5, 5.41) is 3.23. The van der Waals surface area contributed by atoms with E-state index in [2.05, 4.69) is 29.3 Å². The minimum atomic E-state index is 0.102. The minimum absolute atomic E-state index is 0.102. The molecule has 1 amide bonds. The van der Waals surface area contributed by atoms with Crippen LogP contribution in [-0.2, 0) is 10.2 Å². The summed E-state index contributed by atoms with van der Waals surface area (Å²) in [5.41, 5.74) is 2.76. The van der Waals surface area contributed by atoms with E-state index in [4.69, 9.17) is 9.47 Å². The third kappa shape index (κ3) is 2.28. The van der Waals surface area contributed by atoms with Crippen molar-refractivity contribution < 1.29 is 14.3 Å². The molecule has 0 radical (unpaired) electrons. The number of carbonyl (C=O) groups excluding carboxylic acids is 1. The van der Waals surface area contributed by atoms with Crippen LogP contribution in [0.2, 0.25) is 0 Å². The summed E-state index contributed by atoms with van der Waals surface area (Å²) < 4.78 is 11.7. The van der Waals surface area contributed by atoms with Crippen molar-refractivity contribution in [2.75, 3.05) is 32.8 Å². The molecule has 1 N–H and O–H groups in total. The fourth-order valence-corrected chi connectivity index (χ4v) is 5.07. The molecule has 5 rings (SSSR count). The van der Waals surface area contributed by atoms with Crippen molar-refractivity contribution in [3.63, 3.8) is 0 Å². The standard InChI is InChI=1S/C20H26N2O3/c1-13-15-8-17-18(25-7-6-24-17)9-16(15)20(4-2-3-5-20)12-22(13)19(23)14-10-21-11-14/h8-9,13-14,21H,2-7,10-12H2,1H3. The normalized spacial score (nSPS) is 27.1. The van der Waals surface area contributed by atoms with Crippen LogP contribution < -0.4 is 14.8 Å². The molecule has 0 bridgehead atoms. The Morgan fingerprint density at radius 1 is 1.16 bits per heavy atom. The Morgan fingerprint density at radius 3 is 2.48 bits per heavy atom. The Balaban J connectivity index is 1.60. The van der Waals surface area contributed by atoms with Crippen LogP contribution in [0.1, 0.15) is 49.8 Å². The third-order valence-electron chi connectivity index (χ3n) is 6.65. The van der Waals surface area contributed by atoms with Gasteiger partial charge in [0, 0.05) is 25.0 Å². The van der Waals surface area contributed by atoms with Crippen molar-refractivity contribution in [1.82, 2.24) is 10.2 Å². The van der Waals surface area contributed by atoms with Gasteiger partial charge < -0.3 is 19.7 Å². The average molecular weight is 342 g/mol. The second-order valence-electron chi connectivity index (χ2n) is 8.07. The largest absolute Gasteiger partial charge is 0.486 e. The number of rotatable bonds is 1. The van der Waals surface area contributed by atoms with Crippen molar-refractivity contribution in [2.45, 2.75) is 44.1 Å². The summed E-state index contributed by atoms with van der Waals surface area (Å²) in [6, 6.07) is 4.47. The zero-order valence-electron chi connectivity index (χ0n) is 14.8. The summed E-state index contributed by atoms with van der Waals surface area (Å²) in [6.07, 6.45) is 4.82. The molecule has 1 aromatic rings. The number of nitrogens with zero attached hydrogens (tertiary/aromatic N) is 1. The van der Waals surface area contributed by atoms with Crippen molar-refractivity contribution in [2.24, 2.45) is 5.92 Å². The van der Waals surface area contributed by atoms with Gasteiger partial charge in [-0.15, -0.1) is 0 Å². The molecular formula is C20H26N2O3. The van der Waals surface area contributed by atoms with E-state index in [-0.39, 0.29) is 17.4 Å². The van der Waals surface area contributed by atoms with Gasteiger partial charge in [-0.05, 0) is 43.0 Å². The highest BCUT2D eigenvalue weighted by Gasteiger charge is 2.47. The zero-order valence-corrected chi connectivity index (χ0v) is 14.8. The van der Waals surface area contributed by atoms with E-state index in [1.165, 1.54) is 36.8 Å². The van der Waals surface area contributed by atoms with Gasteiger partial charge in [0.2, 0.25) is 5.91 Å². The summed E-state index contributed by atoms with van der Waals surface area (Å²) in [4.78, 5) is 15.2. The predicted molar refractivity (Wildman–Crippen MR) is 94.1 cm³/mol. The first kappa shape index (κ1) is 15.5. The zero-order chi connectivity index (χ0) is 17.0. The van der Waals surface area contributed by atoms with E-state index < -0.39 is 0 Å². The molecule has 0 aromatic heterocycles. The molecule has 1 spiro atoms. The fraction of sp³-hybridized carbons (Fsp3) is 0.650. The Hall–Kier alpha value is -1.75. The molecule has 5 nitrogen and oxygen atoms in total. The van der Waals surface area contributed by atoms with E-state index in [0.29, 0.717) is 19.1 Å². The molecule has 1 atom stereocenters. The Morgan fingerprint density at radius 2 is 1.84 bits per heavy atom. The lowest BCUT2D eigenvalue weighted by Gasteiger charge is -2.48. The number of carbonyl (C=O) groups is 1. The van der Waals surface area contributed by atoms with Gasteiger partial charge >= 0.3 is 0 Å². The average Bonchev–Trinajstić information content (AvgIpc) is 3.05. The van der Waals surface area contributed by atoms with Gasteiger partial charge in [0.1, 0.15) is 13.2 Å². The first-order chi connectivity index (χ1) is 12.2. The van der Waals surface area contributed by atoms with Crippen molar-refractivity contribution in [1.29, 1.82) is 0 Å². The second-order valence-corrected chi connectivity index (χ2v) is 8.07.